The highest BCUT2D eigenvalue weighted by Crippen LogP contribution is 2.40. The molecule has 0 radical (unpaired) electrons. The van der Waals surface area contributed by atoms with Gasteiger partial charge in [-0.3, -0.25) is 0 Å². The first-order valence-corrected chi connectivity index (χ1v) is 7.84. The van der Waals surface area contributed by atoms with E-state index in [1.165, 1.54) is 6.07 Å². The van der Waals surface area contributed by atoms with Gasteiger partial charge in [-0.25, -0.2) is 4.39 Å². The van der Waals surface area contributed by atoms with Crippen LogP contribution in [-0.4, -0.2) is 24.0 Å². The van der Waals surface area contributed by atoms with Gasteiger partial charge in [0.25, 0.3) is 0 Å². The van der Waals surface area contributed by atoms with Gasteiger partial charge in [0, 0.05) is 23.1 Å². The van der Waals surface area contributed by atoms with Crippen LogP contribution in [-0.2, 0) is 4.74 Å². The van der Waals surface area contributed by atoms with E-state index in [9.17, 15) is 4.39 Å². The molecule has 0 spiro atoms. The smallest absolute Gasteiger partial charge is 0.123 e. The number of thioether (sulfide) groups is 1. The van der Waals surface area contributed by atoms with Gasteiger partial charge in [0.2, 0.25) is 0 Å². The lowest BCUT2D eigenvalue weighted by atomic mass is 10.0. The summed E-state index contributed by atoms with van der Waals surface area (Å²) in [5.74, 6) is -0.192. The van der Waals surface area contributed by atoms with Crippen LogP contribution in [0.4, 0.5) is 4.39 Å². The Kier molecular flexibility index (Phi) is 5.25. The van der Waals surface area contributed by atoms with Crippen LogP contribution >= 0.6 is 11.8 Å². The molecule has 1 heterocycles. The average molecular weight is 283 g/mol. The van der Waals surface area contributed by atoms with E-state index >= 15 is 0 Å². The fourth-order valence-electron chi connectivity index (χ4n) is 2.40. The van der Waals surface area contributed by atoms with Gasteiger partial charge in [0.1, 0.15) is 5.82 Å². The molecule has 4 atom stereocenters. The minimum absolute atomic E-state index is 0.0413. The monoisotopic (exact) mass is 283 g/mol. The molecule has 0 amide bonds. The second-order valence-electron chi connectivity index (χ2n) is 5.09. The lowest BCUT2D eigenvalue weighted by molar-refractivity contribution is 0.127. The van der Waals surface area contributed by atoms with Crippen molar-refractivity contribution in [2.24, 2.45) is 5.73 Å². The third-order valence-electron chi connectivity index (χ3n) is 3.67. The van der Waals surface area contributed by atoms with Gasteiger partial charge in [-0.05, 0) is 37.5 Å². The molecule has 1 aliphatic rings. The zero-order chi connectivity index (χ0) is 13.8. The summed E-state index contributed by atoms with van der Waals surface area (Å²) in [5.41, 5.74) is 7.22. The van der Waals surface area contributed by atoms with Crippen molar-refractivity contribution in [3.05, 3.63) is 35.6 Å². The molecule has 106 valence electrons. The van der Waals surface area contributed by atoms with E-state index in [2.05, 4.69) is 13.8 Å². The van der Waals surface area contributed by atoms with E-state index in [0.29, 0.717) is 5.25 Å². The molecule has 2 rings (SSSR count). The van der Waals surface area contributed by atoms with Crippen molar-refractivity contribution < 1.29 is 9.13 Å². The highest BCUT2D eigenvalue weighted by molar-refractivity contribution is 8.00. The van der Waals surface area contributed by atoms with Crippen molar-refractivity contribution in [1.82, 2.24) is 0 Å². The first kappa shape index (κ1) is 14.8. The molecule has 2 N–H and O–H groups in total. The molecule has 0 saturated carbocycles. The highest BCUT2D eigenvalue weighted by atomic mass is 32.2. The second kappa shape index (κ2) is 6.73. The summed E-state index contributed by atoms with van der Waals surface area (Å²) in [4.78, 5) is 0. The lowest BCUT2D eigenvalue weighted by Gasteiger charge is -2.27. The van der Waals surface area contributed by atoms with E-state index in [0.717, 1.165) is 25.0 Å². The van der Waals surface area contributed by atoms with Gasteiger partial charge in [-0.1, -0.05) is 19.1 Å². The predicted octanol–water partition coefficient (Wildman–Crippen LogP) is 3.51. The molecule has 0 bridgehead atoms. The Hall–Kier alpha value is -0.580. The van der Waals surface area contributed by atoms with Gasteiger partial charge in [-0.15, -0.1) is 11.8 Å². The first-order valence-electron chi connectivity index (χ1n) is 6.90. The zero-order valence-corrected chi connectivity index (χ0v) is 12.3. The average Bonchev–Trinajstić information content (AvgIpc) is 2.80. The Morgan fingerprint density at radius 2 is 2.32 bits per heavy atom. The van der Waals surface area contributed by atoms with Crippen molar-refractivity contribution in [1.29, 1.82) is 0 Å². The summed E-state index contributed by atoms with van der Waals surface area (Å²) in [7, 11) is 0. The van der Waals surface area contributed by atoms with Crippen LogP contribution in [0.25, 0.3) is 0 Å². The van der Waals surface area contributed by atoms with Crippen LogP contribution in [0.15, 0.2) is 24.3 Å². The molecule has 1 fully saturated rings. The quantitative estimate of drug-likeness (QED) is 0.898. The fraction of sp³-hybridized carbons (Fsp3) is 0.600. The number of benzene rings is 1. The molecule has 1 aliphatic heterocycles. The molecular formula is C15H22FNOS. The molecule has 1 saturated heterocycles. The van der Waals surface area contributed by atoms with Gasteiger partial charge in [0.15, 0.2) is 0 Å². The topological polar surface area (TPSA) is 35.2 Å². The predicted molar refractivity (Wildman–Crippen MR) is 78.8 cm³/mol. The minimum atomic E-state index is -0.192. The highest BCUT2D eigenvalue weighted by Gasteiger charge is 2.30. The van der Waals surface area contributed by atoms with Crippen LogP contribution in [0.3, 0.4) is 0 Å². The lowest BCUT2D eigenvalue weighted by Crippen LogP contribution is -2.28. The summed E-state index contributed by atoms with van der Waals surface area (Å²) in [6.07, 6.45) is 2.19. The Labute approximate surface area is 118 Å². The molecule has 4 heteroatoms. The molecule has 4 unspecified atom stereocenters. The SMILES string of the molecule is CCC(N)C(SC1CCOC1C)c1cccc(F)c1. The van der Waals surface area contributed by atoms with E-state index < -0.39 is 0 Å². The molecule has 0 aromatic heterocycles. The molecule has 0 aliphatic carbocycles. The third-order valence-corrected chi connectivity index (χ3v) is 5.55. The van der Waals surface area contributed by atoms with Crippen molar-refractivity contribution in [2.45, 2.75) is 49.3 Å². The largest absolute Gasteiger partial charge is 0.377 e. The number of halogens is 1. The maximum absolute atomic E-state index is 13.4. The van der Waals surface area contributed by atoms with Crippen molar-refractivity contribution in [3.8, 4) is 0 Å². The van der Waals surface area contributed by atoms with Crippen LogP contribution in [0, 0.1) is 5.82 Å². The number of ether oxygens (including phenoxy) is 1. The molecular weight excluding hydrogens is 261 g/mol. The van der Waals surface area contributed by atoms with Gasteiger partial charge >= 0.3 is 0 Å². The van der Waals surface area contributed by atoms with E-state index in [4.69, 9.17) is 10.5 Å². The Morgan fingerprint density at radius 3 is 2.89 bits per heavy atom. The third kappa shape index (κ3) is 3.71. The number of hydrogen-bond donors (Lipinski definition) is 1. The summed E-state index contributed by atoms with van der Waals surface area (Å²) in [6, 6.07) is 6.85. The Morgan fingerprint density at radius 1 is 1.53 bits per heavy atom. The number of nitrogens with two attached hydrogens (primary N) is 1. The summed E-state index contributed by atoms with van der Waals surface area (Å²) in [6.45, 7) is 4.99. The molecule has 1 aromatic carbocycles. The first-order chi connectivity index (χ1) is 9.11. The summed E-state index contributed by atoms with van der Waals surface area (Å²) in [5, 5.41) is 0.584. The van der Waals surface area contributed by atoms with Crippen molar-refractivity contribution >= 4 is 11.8 Å². The maximum atomic E-state index is 13.4. The van der Waals surface area contributed by atoms with Gasteiger partial charge < -0.3 is 10.5 Å². The Balaban J connectivity index is 2.16. The van der Waals surface area contributed by atoms with Crippen LogP contribution in [0.5, 0.6) is 0 Å². The van der Waals surface area contributed by atoms with Crippen molar-refractivity contribution in [2.75, 3.05) is 6.61 Å². The zero-order valence-electron chi connectivity index (χ0n) is 11.5. The van der Waals surface area contributed by atoms with Crippen LogP contribution in [0.2, 0.25) is 0 Å². The fourth-order valence-corrected chi connectivity index (χ4v) is 4.01. The standard InChI is InChI=1S/C15H22FNOS/c1-3-13(17)15(11-5-4-6-12(16)9-11)19-14-7-8-18-10(14)2/h4-6,9-10,13-15H,3,7-8,17H2,1-2H3. The second-order valence-corrected chi connectivity index (χ2v) is 6.47. The van der Waals surface area contributed by atoms with E-state index in [1.807, 2.05) is 17.8 Å². The summed E-state index contributed by atoms with van der Waals surface area (Å²) >= 11 is 1.84. The van der Waals surface area contributed by atoms with Crippen molar-refractivity contribution in [3.63, 3.8) is 0 Å². The van der Waals surface area contributed by atoms with E-state index in [-0.39, 0.29) is 23.2 Å². The van der Waals surface area contributed by atoms with E-state index in [1.54, 1.807) is 12.1 Å². The number of hydrogen-bond acceptors (Lipinski definition) is 3. The molecule has 19 heavy (non-hydrogen) atoms. The minimum Gasteiger partial charge on any atom is -0.377 e. The normalized spacial score (nSPS) is 26.3. The van der Waals surface area contributed by atoms with Crippen LogP contribution in [0.1, 0.15) is 37.5 Å². The van der Waals surface area contributed by atoms with Crippen LogP contribution < -0.4 is 5.73 Å². The van der Waals surface area contributed by atoms with Gasteiger partial charge in [-0.2, -0.15) is 0 Å². The Bertz CT molecular complexity index is 415. The molecule has 2 nitrogen and oxygen atoms in total. The maximum Gasteiger partial charge on any atom is 0.123 e. The molecule has 1 aromatic rings. The van der Waals surface area contributed by atoms with Gasteiger partial charge in [0.05, 0.1) is 6.10 Å². The number of rotatable bonds is 5. The summed E-state index contributed by atoms with van der Waals surface area (Å²) < 4.78 is 19.0.